The molecule has 5 N–H and O–H groups in total. The summed E-state index contributed by atoms with van der Waals surface area (Å²) in [5.74, 6) is -0.521. The van der Waals surface area contributed by atoms with Crippen LogP contribution in [0.3, 0.4) is 0 Å². The molecular weight excluding hydrogens is 820 g/mol. The number of aromatic hydroxyl groups is 1. The molecular formula is C34H27N5Na3O11S3. The fourth-order valence-electron chi connectivity index (χ4n) is 5.44. The summed E-state index contributed by atoms with van der Waals surface area (Å²) in [4.78, 5) is -2.00. The van der Waals surface area contributed by atoms with Crippen LogP contribution in [0.2, 0.25) is 0 Å². The molecule has 6 rings (SSSR count). The monoisotopic (exact) mass is 846 g/mol. The van der Waals surface area contributed by atoms with Gasteiger partial charge in [-0.1, -0.05) is 30.3 Å². The Morgan fingerprint density at radius 2 is 1.21 bits per heavy atom. The second-order valence-electron chi connectivity index (χ2n) is 11.4. The molecule has 0 aromatic heterocycles. The first-order valence-corrected chi connectivity index (χ1v) is 19.4. The number of nitrogens with one attached hydrogen (secondary N) is 1. The van der Waals surface area contributed by atoms with Crippen molar-refractivity contribution >= 4 is 175 Å². The molecule has 0 unspecified atom stereocenters. The molecule has 3 radical (unpaired) electrons. The van der Waals surface area contributed by atoms with Crippen molar-refractivity contribution in [2.45, 2.75) is 21.6 Å². The van der Waals surface area contributed by atoms with Gasteiger partial charge in [-0.15, -0.1) is 10.2 Å². The van der Waals surface area contributed by atoms with Crippen molar-refractivity contribution in [3.63, 3.8) is 0 Å². The Bertz CT molecular complexity index is 2860. The van der Waals surface area contributed by atoms with Crippen LogP contribution in [-0.4, -0.2) is 140 Å². The van der Waals surface area contributed by atoms with Gasteiger partial charge in [0.15, 0.2) is 5.75 Å². The quantitative estimate of drug-likeness (QED) is 0.0522. The van der Waals surface area contributed by atoms with Crippen molar-refractivity contribution in [2.24, 2.45) is 20.5 Å². The smallest absolute Gasteiger partial charge is 0.296 e. The number of anilines is 2. The van der Waals surface area contributed by atoms with Crippen molar-refractivity contribution in [3.8, 4) is 11.5 Å². The molecule has 0 aliphatic carbocycles. The largest absolute Gasteiger partial charge is 0.505 e. The maximum Gasteiger partial charge on any atom is 0.296 e. The summed E-state index contributed by atoms with van der Waals surface area (Å²) in [7, 11) is -13.3. The molecule has 0 saturated heterocycles. The Labute approximate surface area is 387 Å². The fraction of sp³-hybridized carbons (Fsp3) is 0.0588. The number of nitrogens with zero attached hydrogens (tertiary/aromatic N) is 4. The number of phenolic OH excluding ortho intramolecular Hbond substituents is 1. The molecule has 0 aliphatic heterocycles. The zero-order valence-corrected chi connectivity index (χ0v) is 38.8. The first-order chi connectivity index (χ1) is 24.9. The third-order valence-corrected chi connectivity index (χ3v) is 10.6. The van der Waals surface area contributed by atoms with Crippen molar-refractivity contribution in [2.75, 3.05) is 12.4 Å². The zero-order valence-electron chi connectivity index (χ0n) is 30.4. The summed E-state index contributed by atoms with van der Waals surface area (Å²) in [5, 5.41) is 30.6. The van der Waals surface area contributed by atoms with Gasteiger partial charge in [0, 0.05) is 122 Å². The Balaban J connectivity index is 0.00000280. The van der Waals surface area contributed by atoms with E-state index in [9.17, 15) is 44.0 Å². The van der Waals surface area contributed by atoms with E-state index in [1.54, 1.807) is 25.1 Å². The van der Waals surface area contributed by atoms with Gasteiger partial charge < -0.3 is 15.2 Å². The summed E-state index contributed by atoms with van der Waals surface area (Å²) in [5.41, 5.74) is 1.21. The number of ether oxygens (including phenoxy) is 1. The molecule has 0 aliphatic rings. The van der Waals surface area contributed by atoms with Gasteiger partial charge in [-0.3, -0.25) is 13.7 Å². The SMILES string of the molecule is COc1cc(N=Nc2cc(S(=O)(=O)O)c3cccc(S(=O)(=O)O)c3c2)c(C)cc1N=Nc1c(S(=O)(=O)O)cc2cc(Nc3ccccc3)ccc2c1O.[Na].[Na].[Na]. The molecule has 0 heterocycles. The molecule has 0 spiro atoms. The van der Waals surface area contributed by atoms with Gasteiger partial charge in [-0.25, -0.2) is 0 Å². The Hall–Kier alpha value is -2.83. The average molecular weight is 847 g/mol. The van der Waals surface area contributed by atoms with Crippen LogP contribution >= 0.6 is 0 Å². The van der Waals surface area contributed by atoms with Gasteiger partial charge in [-0.2, -0.15) is 35.5 Å². The minimum atomic E-state index is -4.92. The van der Waals surface area contributed by atoms with E-state index in [0.717, 1.165) is 30.0 Å². The first kappa shape index (κ1) is 47.5. The maximum atomic E-state index is 12.5. The van der Waals surface area contributed by atoms with Crippen LogP contribution in [0.5, 0.6) is 11.5 Å². The number of azo groups is 2. The molecule has 0 amide bonds. The van der Waals surface area contributed by atoms with Crippen LogP contribution in [-0.2, 0) is 30.4 Å². The first-order valence-electron chi connectivity index (χ1n) is 15.1. The van der Waals surface area contributed by atoms with E-state index < -0.39 is 56.5 Å². The number of para-hydroxylation sites is 1. The molecule has 6 aromatic rings. The third kappa shape index (κ3) is 10.6. The van der Waals surface area contributed by atoms with E-state index in [0.29, 0.717) is 11.3 Å². The summed E-state index contributed by atoms with van der Waals surface area (Å²) in [6.45, 7) is 1.59. The number of hydrogen-bond donors (Lipinski definition) is 5. The average Bonchev–Trinajstić information content (AvgIpc) is 3.09. The molecule has 0 saturated carbocycles. The number of methoxy groups -OCH3 is 1. The van der Waals surface area contributed by atoms with Gasteiger partial charge in [0.1, 0.15) is 31.8 Å². The Morgan fingerprint density at radius 1 is 0.571 bits per heavy atom. The van der Waals surface area contributed by atoms with E-state index in [-0.39, 0.29) is 133 Å². The Morgan fingerprint density at radius 3 is 1.84 bits per heavy atom. The molecule has 0 atom stereocenters. The minimum Gasteiger partial charge on any atom is -0.505 e. The van der Waals surface area contributed by atoms with Crippen molar-refractivity contribution in [1.82, 2.24) is 0 Å². The van der Waals surface area contributed by atoms with Crippen LogP contribution < -0.4 is 10.1 Å². The third-order valence-electron chi connectivity index (χ3n) is 7.88. The summed E-state index contributed by atoms with van der Waals surface area (Å²) >= 11 is 0. The number of aryl methyl sites for hydroxylation is 1. The van der Waals surface area contributed by atoms with Crippen LogP contribution in [0.1, 0.15) is 5.56 Å². The van der Waals surface area contributed by atoms with Crippen LogP contribution in [0.25, 0.3) is 21.5 Å². The van der Waals surface area contributed by atoms with Crippen molar-refractivity contribution in [1.29, 1.82) is 0 Å². The molecule has 0 fully saturated rings. The number of fused-ring (bicyclic) bond motifs is 2. The van der Waals surface area contributed by atoms with Gasteiger partial charge >= 0.3 is 0 Å². The second kappa shape index (κ2) is 18.8. The minimum absolute atomic E-state index is 0. The molecule has 16 nitrogen and oxygen atoms in total. The van der Waals surface area contributed by atoms with Crippen LogP contribution in [0.15, 0.2) is 132 Å². The summed E-state index contributed by atoms with van der Waals surface area (Å²) in [6.07, 6.45) is 0. The Kier molecular flexibility index (Phi) is 16.0. The summed E-state index contributed by atoms with van der Waals surface area (Å²) < 4.78 is 108. The summed E-state index contributed by atoms with van der Waals surface area (Å²) in [6, 6.07) is 23.5. The van der Waals surface area contributed by atoms with Crippen molar-refractivity contribution in [3.05, 3.63) is 103 Å². The van der Waals surface area contributed by atoms with E-state index in [4.69, 9.17) is 4.74 Å². The van der Waals surface area contributed by atoms with Gasteiger partial charge in [0.2, 0.25) is 0 Å². The maximum absolute atomic E-state index is 12.5. The number of hydrogen-bond acceptors (Lipinski definition) is 13. The second-order valence-corrected chi connectivity index (χ2v) is 15.6. The van der Waals surface area contributed by atoms with Crippen LogP contribution in [0.4, 0.5) is 34.1 Å². The molecule has 6 aromatic carbocycles. The normalized spacial score (nSPS) is 11.9. The van der Waals surface area contributed by atoms with Crippen LogP contribution in [0, 0.1) is 6.92 Å². The van der Waals surface area contributed by atoms with Gasteiger partial charge in [0.25, 0.3) is 30.4 Å². The number of benzene rings is 6. The fourth-order valence-corrected chi connectivity index (χ4v) is 7.52. The zero-order chi connectivity index (χ0) is 38.3. The number of phenols is 1. The van der Waals surface area contributed by atoms with E-state index in [1.165, 1.54) is 31.4 Å². The number of rotatable bonds is 10. The van der Waals surface area contributed by atoms with E-state index in [2.05, 4.69) is 25.8 Å². The molecule has 275 valence electrons. The van der Waals surface area contributed by atoms with Gasteiger partial charge in [0.05, 0.1) is 18.5 Å². The molecule has 0 bridgehead atoms. The molecule has 56 heavy (non-hydrogen) atoms. The molecule has 22 heteroatoms. The van der Waals surface area contributed by atoms with E-state index >= 15 is 0 Å². The standard InChI is InChI=1S/C34H27N5O11S3.3Na/c1-19-13-28(38-39-33-32(53(47,48)49)15-20-14-22(11-12-24(20)34(33)40)35-21-7-4-3-5-8-21)29(50-2)18-27(19)37-36-23-16-26-25(31(17-23)52(44,45)46)9-6-10-30(26)51(41,42)43;;;/h3-18,35,40H,1-2H3,(H,41,42,43)(H,44,45,46)(H,47,48,49);;;. The van der Waals surface area contributed by atoms with Crippen molar-refractivity contribution < 1.29 is 48.8 Å². The van der Waals surface area contributed by atoms with E-state index in [1.807, 2.05) is 30.3 Å². The van der Waals surface area contributed by atoms with Gasteiger partial charge in [-0.05, 0) is 78.5 Å². The predicted octanol–water partition coefficient (Wildman–Crippen LogP) is 7.19. The topological polar surface area (TPSA) is 254 Å². The predicted molar refractivity (Wildman–Crippen MR) is 212 cm³/mol.